The van der Waals surface area contributed by atoms with Crippen molar-refractivity contribution in [3.05, 3.63) is 0 Å². The number of carbonyl (C=O) groups excluding carboxylic acids is 2. The quantitative estimate of drug-likeness (QED) is 0.453. The zero-order valence-corrected chi connectivity index (χ0v) is 6.75. The number of aldehydes is 1. The van der Waals surface area contributed by atoms with E-state index in [2.05, 4.69) is 0 Å². The van der Waals surface area contributed by atoms with Gasteiger partial charge in [-0.05, 0) is 12.8 Å². The van der Waals surface area contributed by atoms with Gasteiger partial charge in [-0.25, -0.2) is 0 Å². The highest BCUT2D eigenvalue weighted by Gasteiger charge is 2.14. The van der Waals surface area contributed by atoms with Crippen LogP contribution in [0.3, 0.4) is 0 Å². The molecule has 0 aromatic rings. The Balaban J connectivity index is 3.81. The Morgan fingerprint density at radius 3 is 2.64 bits per heavy atom. The number of ketones is 1. The van der Waals surface area contributed by atoms with Gasteiger partial charge in [0, 0.05) is 13.0 Å². The van der Waals surface area contributed by atoms with Gasteiger partial charge in [0.15, 0.2) is 0 Å². The lowest BCUT2D eigenvalue weighted by atomic mass is 9.99. The van der Waals surface area contributed by atoms with Crippen molar-refractivity contribution >= 4 is 12.1 Å². The number of carbonyl (C=O) groups is 2. The summed E-state index contributed by atoms with van der Waals surface area (Å²) in [6.45, 7) is 1.79. The van der Waals surface area contributed by atoms with Gasteiger partial charge in [-0.1, -0.05) is 6.92 Å². The third-order valence-corrected chi connectivity index (χ3v) is 1.51. The highest BCUT2D eigenvalue weighted by atomic mass is 16.3. The maximum Gasteiger partial charge on any atom is 0.143 e. The van der Waals surface area contributed by atoms with Crippen LogP contribution < -0.4 is 0 Å². The molecule has 1 N–H and O–H groups in total. The molecule has 0 aliphatic heterocycles. The van der Waals surface area contributed by atoms with Gasteiger partial charge in [-0.2, -0.15) is 0 Å². The zero-order valence-electron chi connectivity index (χ0n) is 6.75. The van der Waals surface area contributed by atoms with Crippen LogP contribution in [-0.4, -0.2) is 23.8 Å². The molecule has 0 aliphatic carbocycles. The molecule has 1 atom stereocenters. The van der Waals surface area contributed by atoms with E-state index in [1.165, 1.54) is 0 Å². The Bertz CT molecular complexity index is 131. The van der Waals surface area contributed by atoms with Crippen molar-refractivity contribution in [2.45, 2.75) is 26.2 Å². The van der Waals surface area contributed by atoms with Crippen molar-refractivity contribution in [1.82, 2.24) is 0 Å². The van der Waals surface area contributed by atoms with E-state index in [0.717, 1.165) is 6.42 Å². The summed E-state index contributed by atoms with van der Waals surface area (Å²) in [6.07, 6.45) is 2.08. The van der Waals surface area contributed by atoms with Crippen LogP contribution in [0.1, 0.15) is 26.2 Å². The summed E-state index contributed by atoms with van der Waals surface area (Å²) in [6, 6.07) is 0. The van der Waals surface area contributed by atoms with E-state index in [9.17, 15) is 9.59 Å². The highest BCUT2D eigenvalue weighted by Crippen LogP contribution is 2.04. The van der Waals surface area contributed by atoms with Gasteiger partial charge in [0.05, 0.1) is 5.92 Å². The standard InChI is InChI=1S/C8H14O3/c1-2-3-8(11)7(6-10)4-5-9/h6-7,9H,2-5H2,1H3. The molecule has 64 valence electrons. The van der Waals surface area contributed by atoms with E-state index < -0.39 is 5.92 Å². The molecule has 0 saturated carbocycles. The molecule has 1 unspecified atom stereocenters. The van der Waals surface area contributed by atoms with Crippen LogP contribution in [0.2, 0.25) is 0 Å². The number of hydrogen-bond acceptors (Lipinski definition) is 3. The van der Waals surface area contributed by atoms with Crippen LogP contribution in [0.5, 0.6) is 0 Å². The van der Waals surface area contributed by atoms with Gasteiger partial charge in [0.25, 0.3) is 0 Å². The average molecular weight is 158 g/mol. The Kier molecular flexibility index (Phi) is 5.65. The first-order valence-electron chi connectivity index (χ1n) is 3.85. The number of Topliss-reactive ketones (excluding diaryl/α,β-unsaturated/α-hetero) is 1. The monoisotopic (exact) mass is 158 g/mol. The fourth-order valence-corrected chi connectivity index (χ4v) is 0.876. The lowest BCUT2D eigenvalue weighted by Gasteiger charge is -2.04. The van der Waals surface area contributed by atoms with Crippen LogP contribution in [-0.2, 0) is 9.59 Å². The second-order valence-corrected chi connectivity index (χ2v) is 2.47. The molecular formula is C8H14O3. The zero-order chi connectivity index (χ0) is 8.69. The molecule has 3 nitrogen and oxygen atoms in total. The summed E-state index contributed by atoms with van der Waals surface area (Å²) in [5.74, 6) is -0.642. The lowest BCUT2D eigenvalue weighted by Crippen LogP contribution is -2.16. The number of aliphatic hydroxyl groups excluding tert-OH is 1. The molecule has 0 heterocycles. The van der Waals surface area contributed by atoms with E-state index in [-0.39, 0.29) is 18.8 Å². The fraction of sp³-hybridized carbons (Fsp3) is 0.750. The van der Waals surface area contributed by atoms with Gasteiger partial charge < -0.3 is 9.90 Å². The van der Waals surface area contributed by atoms with E-state index in [0.29, 0.717) is 12.7 Å². The summed E-state index contributed by atoms with van der Waals surface area (Å²) in [5, 5.41) is 8.47. The molecule has 0 radical (unpaired) electrons. The molecule has 0 bridgehead atoms. The Hall–Kier alpha value is -0.700. The molecule has 0 saturated heterocycles. The molecule has 0 fully saturated rings. The predicted molar refractivity (Wildman–Crippen MR) is 41.2 cm³/mol. The van der Waals surface area contributed by atoms with Gasteiger partial charge in [-0.3, -0.25) is 4.79 Å². The molecule has 0 aliphatic rings. The van der Waals surface area contributed by atoms with Gasteiger partial charge >= 0.3 is 0 Å². The molecule has 3 heteroatoms. The largest absolute Gasteiger partial charge is 0.396 e. The summed E-state index contributed by atoms with van der Waals surface area (Å²) in [5.41, 5.74) is 0. The number of aliphatic hydroxyl groups is 1. The first-order valence-corrected chi connectivity index (χ1v) is 3.85. The SMILES string of the molecule is CCCC(=O)C(C=O)CCO. The summed E-state index contributed by atoms with van der Waals surface area (Å²) in [4.78, 5) is 21.3. The van der Waals surface area contributed by atoms with Crippen LogP contribution in [0.4, 0.5) is 0 Å². The fourth-order valence-electron chi connectivity index (χ4n) is 0.876. The van der Waals surface area contributed by atoms with E-state index in [1.807, 2.05) is 6.92 Å². The van der Waals surface area contributed by atoms with Crippen LogP contribution in [0, 0.1) is 5.92 Å². The normalized spacial score (nSPS) is 12.5. The summed E-state index contributed by atoms with van der Waals surface area (Å²) in [7, 11) is 0. The molecule has 0 rings (SSSR count). The van der Waals surface area contributed by atoms with Crippen molar-refractivity contribution in [1.29, 1.82) is 0 Å². The topological polar surface area (TPSA) is 54.4 Å². The minimum absolute atomic E-state index is 0.0587. The summed E-state index contributed by atoms with van der Waals surface area (Å²) < 4.78 is 0. The molecule has 0 spiro atoms. The van der Waals surface area contributed by atoms with Crippen molar-refractivity contribution in [3.63, 3.8) is 0 Å². The summed E-state index contributed by atoms with van der Waals surface area (Å²) >= 11 is 0. The second kappa shape index (κ2) is 6.04. The van der Waals surface area contributed by atoms with E-state index in [4.69, 9.17) is 5.11 Å². The van der Waals surface area contributed by atoms with Crippen LogP contribution in [0.25, 0.3) is 0 Å². The van der Waals surface area contributed by atoms with Crippen LogP contribution >= 0.6 is 0 Å². The van der Waals surface area contributed by atoms with Gasteiger partial charge in [0.2, 0.25) is 0 Å². The molecule has 11 heavy (non-hydrogen) atoms. The molecule has 0 amide bonds. The highest BCUT2D eigenvalue weighted by molar-refractivity contribution is 5.93. The van der Waals surface area contributed by atoms with Gasteiger partial charge in [0.1, 0.15) is 12.1 Å². The average Bonchev–Trinajstić information content (AvgIpc) is 2.00. The van der Waals surface area contributed by atoms with Crippen molar-refractivity contribution in [2.75, 3.05) is 6.61 Å². The van der Waals surface area contributed by atoms with Crippen molar-refractivity contribution < 1.29 is 14.7 Å². The maximum atomic E-state index is 11.0. The second-order valence-electron chi connectivity index (χ2n) is 2.47. The van der Waals surface area contributed by atoms with Crippen molar-refractivity contribution in [3.8, 4) is 0 Å². The Morgan fingerprint density at radius 1 is 1.64 bits per heavy atom. The first kappa shape index (κ1) is 10.3. The number of rotatable bonds is 6. The third-order valence-electron chi connectivity index (χ3n) is 1.51. The van der Waals surface area contributed by atoms with E-state index in [1.54, 1.807) is 0 Å². The Morgan fingerprint density at radius 2 is 2.27 bits per heavy atom. The maximum absolute atomic E-state index is 11.0. The third kappa shape index (κ3) is 3.88. The molecule has 0 aromatic heterocycles. The molecular weight excluding hydrogens is 144 g/mol. The smallest absolute Gasteiger partial charge is 0.143 e. The van der Waals surface area contributed by atoms with E-state index >= 15 is 0 Å². The lowest BCUT2D eigenvalue weighted by molar-refractivity contribution is -0.127. The van der Waals surface area contributed by atoms with Gasteiger partial charge in [-0.15, -0.1) is 0 Å². The number of hydrogen-bond donors (Lipinski definition) is 1. The first-order chi connectivity index (χ1) is 5.26. The van der Waals surface area contributed by atoms with Crippen molar-refractivity contribution in [2.24, 2.45) is 5.92 Å². The Labute approximate surface area is 66.4 Å². The minimum Gasteiger partial charge on any atom is -0.396 e. The predicted octanol–water partition coefficient (Wildman–Crippen LogP) is 0.553. The van der Waals surface area contributed by atoms with Crippen LogP contribution in [0.15, 0.2) is 0 Å². The minimum atomic E-state index is -0.583. The molecule has 0 aromatic carbocycles.